The molecule has 0 unspecified atom stereocenters. The van der Waals surface area contributed by atoms with Gasteiger partial charge in [-0.15, -0.1) is 0 Å². The SMILES string of the molecule is COC(=O)c1c(N)ncn(-c2c(Cl)cc(C)cc2Cl)c1=O. The van der Waals surface area contributed by atoms with Gasteiger partial charge in [-0.25, -0.2) is 9.78 Å². The molecule has 1 heterocycles. The van der Waals surface area contributed by atoms with Gasteiger partial charge in [0, 0.05) is 0 Å². The summed E-state index contributed by atoms with van der Waals surface area (Å²) in [6.45, 7) is 1.81. The highest BCUT2D eigenvalue weighted by atomic mass is 35.5. The smallest absolute Gasteiger partial charge is 0.347 e. The summed E-state index contributed by atoms with van der Waals surface area (Å²) in [5.41, 5.74) is 5.54. The third kappa shape index (κ3) is 2.72. The molecule has 8 heteroatoms. The molecule has 110 valence electrons. The third-order valence-electron chi connectivity index (χ3n) is 2.79. The molecule has 2 rings (SSSR count). The van der Waals surface area contributed by atoms with Crippen LogP contribution in [-0.2, 0) is 4.74 Å². The zero-order valence-corrected chi connectivity index (χ0v) is 12.7. The summed E-state index contributed by atoms with van der Waals surface area (Å²) in [6, 6.07) is 3.28. The Hall–Kier alpha value is -2.05. The first-order valence-corrected chi connectivity index (χ1v) is 6.54. The van der Waals surface area contributed by atoms with Gasteiger partial charge in [0.2, 0.25) is 0 Å². The molecule has 2 N–H and O–H groups in total. The summed E-state index contributed by atoms with van der Waals surface area (Å²) in [7, 11) is 1.14. The minimum Gasteiger partial charge on any atom is -0.465 e. The van der Waals surface area contributed by atoms with E-state index in [2.05, 4.69) is 9.72 Å². The fraction of sp³-hybridized carbons (Fsp3) is 0.154. The summed E-state index contributed by atoms with van der Waals surface area (Å²) in [6.07, 6.45) is 1.16. The van der Waals surface area contributed by atoms with Crippen molar-refractivity contribution in [1.29, 1.82) is 0 Å². The van der Waals surface area contributed by atoms with Crippen LogP contribution < -0.4 is 11.3 Å². The molecule has 0 atom stereocenters. The van der Waals surface area contributed by atoms with Crippen LogP contribution in [0.25, 0.3) is 5.69 Å². The van der Waals surface area contributed by atoms with Gasteiger partial charge in [0.05, 0.1) is 22.8 Å². The van der Waals surface area contributed by atoms with E-state index in [4.69, 9.17) is 28.9 Å². The molecule has 0 saturated carbocycles. The average Bonchev–Trinajstić information content (AvgIpc) is 2.40. The zero-order chi connectivity index (χ0) is 15.7. The fourth-order valence-electron chi connectivity index (χ4n) is 1.84. The van der Waals surface area contributed by atoms with Crippen molar-refractivity contribution in [3.63, 3.8) is 0 Å². The normalized spacial score (nSPS) is 10.5. The monoisotopic (exact) mass is 327 g/mol. The number of ether oxygens (including phenoxy) is 1. The van der Waals surface area contributed by atoms with Crippen LogP contribution in [0.2, 0.25) is 10.0 Å². The van der Waals surface area contributed by atoms with Crippen LogP contribution in [0.4, 0.5) is 5.82 Å². The summed E-state index contributed by atoms with van der Waals surface area (Å²) < 4.78 is 5.59. The predicted octanol–water partition coefficient (Wildman–Crippen LogP) is 2.22. The van der Waals surface area contributed by atoms with Crippen LogP contribution in [0.3, 0.4) is 0 Å². The maximum absolute atomic E-state index is 12.4. The van der Waals surface area contributed by atoms with E-state index in [0.29, 0.717) is 0 Å². The van der Waals surface area contributed by atoms with Gasteiger partial charge in [-0.3, -0.25) is 9.36 Å². The number of rotatable bonds is 2. The van der Waals surface area contributed by atoms with E-state index in [0.717, 1.165) is 23.6 Å². The minimum absolute atomic E-state index is 0.220. The van der Waals surface area contributed by atoms with Gasteiger partial charge in [0.25, 0.3) is 5.56 Å². The van der Waals surface area contributed by atoms with Gasteiger partial charge in [-0.2, -0.15) is 0 Å². The number of aryl methyl sites for hydroxylation is 1. The van der Waals surface area contributed by atoms with Crippen molar-refractivity contribution in [2.45, 2.75) is 6.92 Å². The number of anilines is 1. The number of nitrogens with two attached hydrogens (primary N) is 1. The van der Waals surface area contributed by atoms with Crippen molar-refractivity contribution >= 4 is 35.0 Å². The Kier molecular flexibility index (Phi) is 4.20. The number of halogens is 2. The number of methoxy groups -OCH3 is 1. The van der Waals surface area contributed by atoms with Crippen LogP contribution >= 0.6 is 23.2 Å². The molecule has 0 radical (unpaired) electrons. The highest BCUT2D eigenvalue weighted by Crippen LogP contribution is 2.29. The van der Waals surface area contributed by atoms with Crippen LogP contribution in [0.5, 0.6) is 0 Å². The molecule has 0 spiro atoms. The molecule has 1 aromatic carbocycles. The van der Waals surface area contributed by atoms with Crippen LogP contribution in [0, 0.1) is 6.92 Å². The number of hydrogen-bond donors (Lipinski definition) is 1. The first kappa shape index (κ1) is 15.3. The van der Waals surface area contributed by atoms with Crippen LogP contribution in [0.15, 0.2) is 23.3 Å². The lowest BCUT2D eigenvalue weighted by Gasteiger charge is -2.12. The van der Waals surface area contributed by atoms with Gasteiger partial charge >= 0.3 is 5.97 Å². The molecule has 0 aliphatic carbocycles. The molecule has 21 heavy (non-hydrogen) atoms. The Morgan fingerprint density at radius 2 is 1.90 bits per heavy atom. The second-order valence-electron chi connectivity index (χ2n) is 4.25. The first-order chi connectivity index (χ1) is 9.86. The highest BCUT2D eigenvalue weighted by molar-refractivity contribution is 6.37. The van der Waals surface area contributed by atoms with Crippen LogP contribution in [0.1, 0.15) is 15.9 Å². The Labute approximate surface area is 130 Å². The average molecular weight is 328 g/mol. The first-order valence-electron chi connectivity index (χ1n) is 5.78. The molecule has 2 aromatic rings. The second kappa shape index (κ2) is 5.75. The van der Waals surface area contributed by atoms with Crippen molar-refractivity contribution in [2.24, 2.45) is 0 Å². The largest absolute Gasteiger partial charge is 0.465 e. The third-order valence-corrected chi connectivity index (χ3v) is 3.37. The van der Waals surface area contributed by atoms with Gasteiger partial charge < -0.3 is 10.5 Å². The van der Waals surface area contributed by atoms with Crippen molar-refractivity contribution in [3.05, 3.63) is 50.0 Å². The van der Waals surface area contributed by atoms with E-state index >= 15 is 0 Å². The number of carbonyl (C=O) groups is 1. The van der Waals surface area contributed by atoms with Gasteiger partial charge in [-0.1, -0.05) is 23.2 Å². The summed E-state index contributed by atoms with van der Waals surface area (Å²) >= 11 is 12.3. The van der Waals surface area contributed by atoms with E-state index in [1.807, 2.05) is 6.92 Å². The lowest BCUT2D eigenvalue weighted by molar-refractivity contribution is 0.0599. The molecule has 0 fully saturated rings. The zero-order valence-electron chi connectivity index (χ0n) is 11.2. The summed E-state index contributed by atoms with van der Waals surface area (Å²) in [5, 5.41) is 0.508. The number of carbonyl (C=O) groups excluding carboxylic acids is 1. The van der Waals surface area contributed by atoms with Crippen molar-refractivity contribution < 1.29 is 9.53 Å². The van der Waals surface area contributed by atoms with Gasteiger partial charge in [-0.05, 0) is 24.6 Å². The van der Waals surface area contributed by atoms with Crippen molar-refractivity contribution in [2.75, 3.05) is 12.8 Å². The van der Waals surface area contributed by atoms with E-state index in [-0.39, 0.29) is 27.1 Å². The fourth-order valence-corrected chi connectivity index (χ4v) is 2.62. The summed E-state index contributed by atoms with van der Waals surface area (Å²) in [5.74, 6) is -1.10. The maximum Gasteiger partial charge on any atom is 0.347 e. The molecular weight excluding hydrogens is 317 g/mol. The number of benzene rings is 1. The lowest BCUT2D eigenvalue weighted by Crippen LogP contribution is -2.28. The Morgan fingerprint density at radius 3 is 2.43 bits per heavy atom. The van der Waals surface area contributed by atoms with Crippen LogP contribution in [-0.4, -0.2) is 22.6 Å². The Bertz CT molecular complexity index is 764. The molecule has 6 nitrogen and oxygen atoms in total. The quantitative estimate of drug-likeness (QED) is 0.854. The Balaban J connectivity index is 2.78. The minimum atomic E-state index is -0.876. The van der Waals surface area contributed by atoms with E-state index < -0.39 is 11.5 Å². The van der Waals surface area contributed by atoms with Gasteiger partial charge in [0.1, 0.15) is 12.1 Å². The highest BCUT2D eigenvalue weighted by Gasteiger charge is 2.21. The topological polar surface area (TPSA) is 87.2 Å². The van der Waals surface area contributed by atoms with Crippen molar-refractivity contribution in [1.82, 2.24) is 9.55 Å². The number of esters is 1. The predicted molar refractivity (Wildman–Crippen MR) is 80.3 cm³/mol. The molecule has 0 aliphatic rings. The standard InChI is InChI=1S/C13H11Cl2N3O3/c1-6-3-7(14)10(8(15)4-6)18-5-17-11(16)9(12(18)19)13(20)21-2/h3-5H,16H2,1-2H3. The molecule has 0 amide bonds. The number of aromatic nitrogens is 2. The molecule has 0 bridgehead atoms. The maximum atomic E-state index is 12.4. The number of nitrogen functional groups attached to an aromatic ring is 1. The van der Waals surface area contributed by atoms with E-state index in [1.165, 1.54) is 0 Å². The van der Waals surface area contributed by atoms with E-state index in [9.17, 15) is 9.59 Å². The molecular formula is C13H11Cl2N3O3. The van der Waals surface area contributed by atoms with Crippen molar-refractivity contribution in [3.8, 4) is 5.69 Å². The Morgan fingerprint density at radius 1 is 1.33 bits per heavy atom. The number of hydrogen-bond acceptors (Lipinski definition) is 5. The second-order valence-corrected chi connectivity index (χ2v) is 5.06. The number of nitrogens with zero attached hydrogens (tertiary/aromatic N) is 2. The molecule has 0 saturated heterocycles. The molecule has 0 aliphatic heterocycles. The summed E-state index contributed by atoms with van der Waals surface area (Å²) in [4.78, 5) is 27.9. The van der Waals surface area contributed by atoms with Gasteiger partial charge in [0.15, 0.2) is 5.56 Å². The molecule has 1 aromatic heterocycles. The van der Waals surface area contributed by atoms with E-state index in [1.54, 1.807) is 12.1 Å². The lowest BCUT2D eigenvalue weighted by atomic mass is 10.2.